The van der Waals surface area contributed by atoms with Gasteiger partial charge in [0.25, 0.3) is 5.91 Å². The molecular formula is C27H32ClFN4O3S. The normalized spacial score (nSPS) is 14.1. The van der Waals surface area contributed by atoms with Crippen LogP contribution in [0.5, 0.6) is 0 Å². The molecule has 1 aliphatic rings. The summed E-state index contributed by atoms with van der Waals surface area (Å²) >= 11 is 7.16. The summed E-state index contributed by atoms with van der Waals surface area (Å²) in [5.41, 5.74) is 1.98. The number of carbonyl (C=O) groups excluding carboxylic acids is 1. The predicted molar refractivity (Wildman–Crippen MR) is 146 cm³/mol. The van der Waals surface area contributed by atoms with E-state index in [2.05, 4.69) is 15.1 Å². The van der Waals surface area contributed by atoms with Gasteiger partial charge in [0.15, 0.2) is 5.82 Å². The number of halogens is 2. The summed E-state index contributed by atoms with van der Waals surface area (Å²) in [6.07, 6.45) is 3.29. The molecule has 1 aromatic heterocycles. The van der Waals surface area contributed by atoms with Crippen molar-refractivity contribution in [3.05, 3.63) is 64.4 Å². The van der Waals surface area contributed by atoms with Crippen LogP contribution in [0, 0.1) is 18.7 Å². The first-order chi connectivity index (χ1) is 17.7. The van der Waals surface area contributed by atoms with E-state index in [1.54, 1.807) is 6.07 Å². The van der Waals surface area contributed by atoms with Crippen molar-refractivity contribution in [2.75, 3.05) is 31.6 Å². The van der Waals surface area contributed by atoms with E-state index in [1.807, 2.05) is 45.2 Å². The molecule has 198 valence electrons. The van der Waals surface area contributed by atoms with E-state index < -0.39 is 17.7 Å². The second kappa shape index (κ2) is 13.6. The number of nitrogens with zero attached hydrogens (tertiary/aromatic N) is 4. The first-order valence-corrected chi connectivity index (χ1v) is 13.5. The molecule has 1 aliphatic heterocycles. The number of hydrogen-bond donors (Lipinski definition) is 1. The molecule has 37 heavy (non-hydrogen) atoms. The molecule has 2 heterocycles. The van der Waals surface area contributed by atoms with E-state index in [-0.39, 0.29) is 16.5 Å². The van der Waals surface area contributed by atoms with E-state index in [0.717, 1.165) is 54.9 Å². The van der Waals surface area contributed by atoms with Gasteiger partial charge in [-0.1, -0.05) is 66.6 Å². The van der Waals surface area contributed by atoms with Crippen molar-refractivity contribution in [3.8, 4) is 10.6 Å². The number of amides is 1. The highest BCUT2D eigenvalue weighted by atomic mass is 35.5. The van der Waals surface area contributed by atoms with Crippen LogP contribution in [0.2, 0.25) is 5.02 Å². The molecule has 0 saturated carbocycles. The summed E-state index contributed by atoms with van der Waals surface area (Å²) in [7, 11) is 2.03. The third kappa shape index (κ3) is 7.56. The fourth-order valence-corrected chi connectivity index (χ4v) is 5.05. The Bertz CT molecular complexity index is 1210. The SMILES string of the molecule is CCCCN(C(=O)c1cccc(Cl)c1F)c1nnc(-c2ccccc2C)s1.CN1CCC(C(=O)O)CC1. The van der Waals surface area contributed by atoms with Crippen molar-refractivity contribution in [1.82, 2.24) is 15.1 Å². The lowest BCUT2D eigenvalue weighted by atomic mass is 9.98. The zero-order valence-electron chi connectivity index (χ0n) is 21.3. The monoisotopic (exact) mass is 546 g/mol. The quantitative estimate of drug-likeness (QED) is 0.381. The zero-order chi connectivity index (χ0) is 26.9. The molecule has 2 aromatic carbocycles. The number of aromatic nitrogens is 2. The van der Waals surface area contributed by atoms with Gasteiger partial charge in [-0.25, -0.2) is 4.39 Å². The average Bonchev–Trinajstić information content (AvgIpc) is 3.36. The topological polar surface area (TPSA) is 86.6 Å². The Labute approximate surface area is 225 Å². The van der Waals surface area contributed by atoms with E-state index >= 15 is 0 Å². The number of hydrogen-bond acceptors (Lipinski definition) is 6. The third-order valence-electron chi connectivity index (χ3n) is 6.25. The number of carboxylic acid groups (broad SMARTS) is 1. The molecule has 10 heteroatoms. The molecule has 1 fully saturated rings. The summed E-state index contributed by atoms with van der Waals surface area (Å²) in [5.74, 6) is -1.89. The number of unbranched alkanes of at least 4 members (excludes halogenated alkanes) is 1. The molecule has 1 amide bonds. The molecule has 0 aliphatic carbocycles. The number of benzene rings is 2. The van der Waals surface area contributed by atoms with Crippen LogP contribution in [0.25, 0.3) is 10.6 Å². The van der Waals surface area contributed by atoms with Crippen LogP contribution < -0.4 is 4.90 Å². The molecule has 0 spiro atoms. The maximum Gasteiger partial charge on any atom is 0.306 e. The highest BCUT2D eigenvalue weighted by molar-refractivity contribution is 7.18. The number of likely N-dealkylation sites (tertiary alicyclic amines) is 1. The second-order valence-electron chi connectivity index (χ2n) is 9.03. The Morgan fingerprint density at radius 1 is 1.16 bits per heavy atom. The molecular weight excluding hydrogens is 515 g/mol. The van der Waals surface area contributed by atoms with Gasteiger partial charge in [0.1, 0.15) is 5.01 Å². The molecule has 0 radical (unpaired) electrons. The molecule has 0 bridgehead atoms. The van der Waals surface area contributed by atoms with Crippen molar-refractivity contribution in [3.63, 3.8) is 0 Å². The van der Waals surface area contributed by atoms with Crippen LogP contribution in [-0.2, 0) is 4.79 Å². The number of aryl methyl sites for hydroxylation is 1. The lowest BCUT2D eigenvalue weighted by Gasteiger charge is -2.25. The zero-order valence-corrected chi connectivity index (χ0v) is 22.9. The van der Waals surface area contributed by atoms with Gasteiger partial charge >= 0.3 is 5.97 Å². The summed E-state index contributed by atoms with van der Waals surface area (Å²) in [6.45, 7) is 6.32. The van der Waals surface area contributed by atoms with Crippen LogP contribution in [0.3, 0.4) is 0 Å². The Morgan fingerprint density at radius 3 is 2.51 bits per heavy atom. The lowest BCUT2D eigenvalue weighted by molar-refractivity contribution is -0.143. The average molecular weight is 547 g/mol. The Morgan fingerprint density at radius 2 is 1.86 bits per heavy atom. The minimum Gasteiger partial charge on any atom is -0.481 e. The van der Waals surface area contributed by atoms with Crippen LogP contribution in [0.1, 0.15) is 48.5 Å². The van der Waals surface area contributed by atoms with Gasteiger partial charge in [-0.3, -0.25) is 14.5 Å². The van der Waals surface area contributed by atoms with Crippen molar-refractivity contribution in [2.45, 2.75) is 39.5 Å². The van der Waals surface area contributed by atoms with E-state index in [0.29, 0.717) is 11.7 Å². The summed E-state index contributed by atoms with van der Waals surface area (Å²) in [5, 5.41) is 18.2. The fourth-order valence-electron chi connectivity index (χ4n) is 3.92. The van der Waals surface area contributed by atoms with Gasteiger partial charge in [0.05, 0.1) is 16.5 Å². The predicted octanol–water partition coefficient (Wildman–Crippen LogP) is 6.17. The maximum atomic E-state index is 14.4. The Kier molecular flexibility index (Phi) is 10.5. The van der Waals surface area contributed by atoms with Crippen LogP contribution >= 0.6 is 22.9 Å². The Balaban J connectivity index is 0.000000319. The van der Waals surface area contributed by atoms with Gasteiger partial charge in [-0.15, -0.1) is 10.2 Å². The van der Waals surface area contributed by atoms with Crippen LogP contribution in [0.15, 0.2) is 42.5 Å². The molecule has 4 rings (SSSR count). The number of carbonyl (C=O) groups is 2. The van der Waals surface area contributed by atoms with Crippen molar-refractivity contribution in [1.29, 1.82) is 0 Å². The smallest absolute Gasteiger partial charge is 0.306 e. The van der Waals surface area contributed by atoms with Crippen LogP contribution in [0.4, 0.5) is 9.52 Å². The van der Waals surface area contributed by atoms with E-state index in [1.165, 1.54) is 28.4 Å². The number of piperidine rings is 1. The van der Waals surface area contributed by atoms with Crippen molar-refractivity contribution < 1.29 is 19.1 Å². The lowest BCUT2D eigenvalue weighted by Crippen LogP contribution is -2.33. The minimum absolute atomic E-state index is 0.0637. The number of carboxylic acids is 1. The van der Waals surface area contributed by atoms with E-state index in [9.17, 15) is 14.0 Å². The third-order valence-corrected chi connectivity index (χ3v) is 7.52. The van der Waals surface area contributed by atoms with Crippen LogP contribution in [-0.4, -0.2) is 58.8 Å². The fraction of sp³-hybridized carbons (Fsp3) is 0.407. The molecule has 1 N–H and O–H groups in total. The van der Waals surface area contributed by atoms with E-state index in [4.69, 9.17) is 16.7 Å². The van der Waals surface area contributed by atoms with Gasteiger partial charge < -0.3 is 10.0 Å². The molecule has 7 nitrogen and oxygen atoms in total. The summed E-state index contributed by atoms with van der Waals surface area (Å²) in [4.78, 5) is 27.1. The van der Waals surface area contributed by atoms with Crippen molar-refractivity contribution in [2.24, 2.45) is 5.92 Å². The standard InChI is InChI=1S/C20H19ClFN3OS.C7H13NO2/c1-3-4-12-25(19(26)15-10-7-11-16(21)17(15)22)20-24-23-18(27-20)14-9-6-5-8-13(14)2;1-8-4-2-6(3-5-8)7(9)10/h5-11H,3-4,12H2,1-2H3;6H,2-5H2,1H3,(H,9,10). The first kappa shape index (κ1) is 28.7. The van der Waals surface area contributed by atoms with Gasteiger partial charge in [0.2, 0.25) is 5.13 Å². The number of rotatable bonds is 7. The summed E-state index contributed by atoms with van der Waals surface area (Å²) < 4.78 is 14.4. The number of aliphatic carboxylic acids is 1. The minimum atomic E-state index is -0.714. The Hall–Kier alpha value is -2.88. The van der Waals surface area contributed by atoms with Gasteiger partial charge in [-0.2, -0.15) is 0 Å². The highest BCUT2D eigenvalue weighted by Gasteiger charge is 2.25. The molecule has 1 saturated heterocycles. The van der Waals surface area contributed by atoms with Gasteiger partial charge in [-0.05, 0) is 64.0 Å². The molecule has 3 aromatic rings. The van der Waals surface area contributed by atoms with Crippen molar-refractivity contribution >= 4 is 39.9 Å². The largest absolute Gasteiger partial charge is 0.481 e. The second-order valence-corrected chi connectivity index (χ2v) is 10.4. The summed E-state index contributed by atoms with van der Waals surface area (Å²) in [6, 6.07) is 12.3. The maximum absolute atomic E-state index is 14.4. The van der Waals surface area contributed by atoms with Gasteiger partial charge in [0, 0.05) is 12.1 Å². The molecule has 0 atom stereocenters. The number of anilines is 1. The first-order valence-electron chi connectivity index (χ1n) is 12.3. The molecule has 0 unspecified atom stereocenters. The highest BCUT2D eigenvalue weighted by Crippen LogP contribution is 2.32.